The van der Waals surface area contributed by atoms with Crippen LogP contribution in [0.15, 0.2) is 77.4 Å². The summed E-state index contributed by atoms with van der Waals surface area (Å²) in [6, 6.07) is 24.3. The molecule has 2 aliphatic heterocycles. The van der Waals surface area contributed by atoms with Crippen molar-refractivity contribution >= 4 is 32.5 Å². The van der Waals surface area contributed by atoms with Crippen molar-refractivity contribution in [2.24, 2.45) is 0 Å². The lowest BCUT2D eigenvalue weighted by Gasteiger charge is -2.36. The predicted octanol–water partition coefficient (Wildman–Crippen LogP) is 7.62. The van der Waals surface area contributed by atoms with Crippen LogP contribution in [0.2, 0.25) is 0 Å². The third-order valence-corrected chi connectivity index (χ3v) is 9.44. The summed E-state index contributed by atoms with van der Waals surface area (Å²) in [4.78, 5) is 12.3. The van der Waals surface area contributed by atoms with Crippen molar-refractivity contribution in [2.45, 2.75) is 52.1 Å². The highest BCUT2D eigenvalue weighted by atomic mass is 79.9. The highest BCUT2D eigenvalue weighted by molar-refractivity contribution is 9.10. The summed E-state index contributed by atoms with van der Waals surface area (Å²) in [6.45, 7) is 12.3. The minimum atomic E-state index is 0.581. The molecule has 0 spiro atoms. The molecule has 0 saturated carbocycles. The molecule has 1 atom stereocenters. The molecular formula is C35H41BrN4O. The molecule has 41 heavy (non-hydrogen) atoms. The SMILES string of the molecule is CCc1ccccc1C(CC)CCN1COc2c(cc(CN3CCN(c4ccc(Br)cc4)CC3)c3cccnc23)C1. The van der Waals surface area contributed by atoms with Gasteiger partial charge < -0.3 is 9.64 Å². The van der Waals surface area contributed by atoms with Crippen molar-refractivity contribution < 1.29 is 4.74 Å². The van der Waals surface area contributed by atoms with Gasteiger partial charge >= 0.3 is 0 Å². The van der Waals surface area contributed by atoms with Crippen molar-refractivity contribution in [1.82, 2.24) is 14.8 Å². The number of hydrogen-bond acceptors (Lipinski definition) is 5. The Balaban J connectivity index is 1.15. The van der Waals surface area contributed by atoms with E-state index in [-0.39, 0.29) is 0 Å². The molecule has 3 heterocycles. The Bertz CT molecular complexity index is 1470. The second kappa shape index (κ2) is 12.9. The molecule has 0 N–H and O–H groups in total. The van der Waals surface area contributed by atoms with Gasteiger partial charge in [0.2, 0.25) is 0 Å². The molecular weight excluding hydrogens is 572 g/mol. The average Bonchev–Trinajstić information content (AvgIpc) is 3.02. The fourth-order valence-corrected chi connectivity index (χ4v) is 6.84. The quantitative estimate of drug-likeness (QED) is 0.194. The third kappa shape index (κ3) is 6.30. The Hall–Kier alpha value is -2.93. The van der Waals surface area contributed by atoms with Gasteiger partial charge in [0.25, 0.3) is 0 Å². The van der Waals surface area contributed by atoms with Gasteiger partial charge in [-0.3, -0.25) is 14.8 Å². The first-order valence-corrected chi connectivity index (χ1v) is 16.0. The first-order valence-electron chi connectivity index (χ1n) is 15.2. The second-order valence-electron chi connectivity index (χ2n) is 11.4. The van der Waals surface area contributed by atoms with E-state index in [1.54, 1.807) is 0 Å². The van der Waals surface area contributed by atoms with Gasteiger partial charge in [0, 0.05) is 73.1 Å². The Morgan fingerprint density at radius 3 is 2.49 bits per heavy atom. The van der Waals surface area contributed by atoms with Gasteiger partial charge in [-0.25, -0.2) is 0 Å². The van der Waals surface area contributed by atoms with Crippen LogP contribution < -0.4 is 9.64 Å². The Labute approximate surface area is 253 Å². The van der Waals surface area contributed by atoms with E-state index in [1.807, 2.05) is 6.20 Å². The van der Waals surface area contributed by atoms with Crippen molar-refractivity contribution in [3.63, 3.8) is 0 Å². The Morgan fingerprint density at radius 2 is 1.71 bits per heavy atom. The molecule has 1 fully saturated rings. The molecule has 0 aliphatic carbocycles. The third-order valence-electron chi connectivity index (χ3n) is 8.91. The number of nitrogens with zero attached hydrogens (tertiary/aromatic N) is 4. The number of anilines is 1. The number of pyridine rings is 1. The highest BCUT2D eigenvalue weighted by Gasteiger charge is 2.25. The van der Waals surface area contributed by atoms with Gasteiger partial charge in [-0.1, -0.05) is 60.1 Å². The molecule has 2 aliphatic rings. The molecule has 6 heteroatoms. The summed E-state index contributed by atoms with van der Waals surface area (Å²) in [5.41, 5.74) is 7.95. The lowest BCUT2D eigenvalue weighted by Crippen LogP contribution is -2.46. The number of rotatable bonds is 9. The number of benzene rings is 3. The molecule has 214 valence electrons. The van der Waals surface area contributed by atoms with E-state index in [1.165, 1.54) is 33.3 Å². The van der Waals surface area contributed by atoms with Crippen LogP contribution in [0.25, 0.3) is 10.9 Å². The van der Waals surface area contributed by atoms with Crippen molar-refractivity contribution in [2.75, 3.05) is 44.4 Å². The molecule has 4 aromatic rings. The Kier molecular flexibility index (Phi) is 8.90. The average molecular weight is 614 g/mol. The lowest BCUT2D eigenvalue weighted by molar-refractivity contribution is 0.0934. The molecule has 6 rings (SSSR count). The van der Waals surface area contributed by atoms with Crippen molar-refractivity contribution in [3.8, 4) is 5.75 Å². The van der Waals surface area contributed by atoms with Crippen LogP contribution in [-0.2, 0) is 19.5 Å². The summed E-state index contributed by atoms with van der Waals surface area (Å²) >= 11 is 3.55. The van der Waals surface area contributed by atoms with E-state index in [2.05, 4.69) is 111 Å². The fourth-order valence-electron chi connectivity index (χ4n) is 6.58. The molecule has 3 aromatic carbocycles. The molecule has 0 radical (unpaired) electrons. The number of ether oxygens (including phenoxy) is 1. The van der Waals surface area contributed by atoms with E-state index < -0.39 is 0 Å². The standard InChI is InChI=1S/C35H41BrN4O/c1-3-26-8-5-6-9-32(26)27(4-2)15-17-39-24-29-22-28(33-10-7-16-37-34(33)35(29)41-25-39)23-38-18-20-40(21-19-38)31-13-11-30(36)12-14-31/h5-14,16,22,27H,3-4,15,17-21,23-25H2,1-2H3. The van der Waals surface area contributed by atoms with E-state index >= 15 is 0 Å². The zero-order valence-electron chi connectivity index (χ0n) is 24.4. The first-order chi connectivity index (χ1) is 20.1. The number of aryl methyl sites for hydroxylation is 1. The fraction of sp³-hybridized carbons (Fsp3) is 0.400. The zero-order valence-corrected chi connectivity index (χ0v) is 25.9. The number of halogens is 1. The number of fused-ring (bicyclic) bond motifs is 3. The number of piperazine rings is 1. The van der Waals surface area contributed by atoms with Crippen LogP contribution in [0.1, 0.15) is 54.9 Å². The maximum Gasteiger partial charge on any atom is 0.152 e. The largest absolute Gasteiger partial charge is 0.475 e. The van der Waals surface area contributed by atoms with Gasteiger partial charge in [0.05, 0.1) is 0 Å². The van der Waals surface area contributed by atoms with Crippen LogP contribution >= 0.6 is 15.9 Å². The van der Waals surface area contributed by atoms with Gasteiger partial charge in [0.1, 0.15) is 12.2 Å². The number of aromatic nitrogens is 1. The maximum absolute atomic E-state index is 6.42. The molecule has 5 nitrogen and oxygen atoms in total. The summed E-state index contributed by atoms with van der Waals surface area (Å²) in [5.74, 6) is 1.56. The molecule has 0 bridgehead atoms. The zero-order chi connectivity index (χ0) is 28.2. The normalized spacial score (nSPS) is 16.9. The van der Waals surface area contributed by atoms with Gasteiger partial charge in [-0.15, -0.1) is 0 Å². The monoisotopic (exact) mass is 612 g/mol. The summed E-state index contributed by atoms with van der Waals surface area (Å²) < 4.78 is 7.55. The molecule has 0 amide bonds. The van der Waals surface area contributed by atoms with Crippen molar-refractivity contribution in [3.05, 3.63) is 99.7 Å². The first kappa shape index (κ1) is 28.2. The van der Waals surface area contributed by atoms with Crippen LogP contribution in [0.5, 0.6) is 5.75 Å². The lowest BCUT2D eigenvalue weighted by atomic mass is 9.88. The second-order valence-corrected chi connectivity index (χ2v) is 12.4. The minimum absolute atomic E-state index is 0.581. The molecule has 1 unspecified atom stereocenters. The van der Waals surface area contributed by atoms with Crippen LogP contribution in [0, 0.1) is 0 Å². The van der Waals surface area contributed by atoms with Crippen LogP contribution in [-0.4, -0.2) is 54.2 Å². The van der Waals surface area contributed by atoms with E-state index in [0.717, 1.165) is 80.8 Å². The Morgan fingerprint density at radius 1 is 0.902 bits per heavy atom. The molecule has 1 aromatic heterocycles. The minimum Gasteiger partial charge on any atom is -0.475 e. The van der Waals surface area contributed by atoms with E-state index in [0.29, 0.717) is 12.6 Å². The number of hydrogen-bond donors (Lipinski definition) is 0. The summed E-state index contributed by atoms with van der Waals surface area (Å²) in [6.07, 6.45) is 5.30. The summed E-state index contributed by atoms with van der Waals surface area (Å²) in [5, 5.41) is 1.22. The van der Waals surface area contributed by atoms with Crippen LogP contribution in [0.4, 0.5) is 5.69 Å². The topological polar surface area (TPSA) is 31.8 Å². The predicted molar refractivity (Wildman–Crippen MR) is 173 cm³/mol. The van der Waals surface area contributed by atoms with Crippen LogP contribution in [0.3, 0.4) is 0 Å². The molecule has 1 saturated heterocycles. The van der Waals surface area contributed by atoms with E-state index in [9.17, 15) is 0 Å². The van der Waals surface area contributed by atoms with Gasteiger partial charge in [0.15, 0.2) is 5.75 Å². The van der Waals surface area contributed by atoms with Crippen molar-refractivity contribution in [1.29, 1.82) is 0 Å². The van der Waals surface area contributed by atoms with Gasteiger partial charge in [-0.2, -0.15) is 0 Å². The summed E-state index contributed by atoms with van der Waals surface area (Å²) in [7, 11) is 0. The smallest absolute Gasteiger partial charge is 0.152 e. The maximum atomic E-state index is 6.42. The van der Waals surface area contributed by atoms with Gasteiger partial charge in [-0.05, 0) is 78.3 Å². The highest BCUT2D eigenvalue weighted by Crippen LogP contribution is 2.36. The van der Waals surface area contributed by atoms with E-state index in [4.69, 9.17) is 9.72 Å².